The van der Waals surface area contributed by atoms with Crippen molar-refractivity contribution in [3.05, 3.63) is 33.4 Å². The molecule has 0 aliphatic heterocycles. The van der Waals surface area contributed by atoms with E-state index in [4.69, 9.17) is 17.0 Å². The standard InChI is InChI=1S/C8H5ClN2OS/c9-7(10)4-1-2-5-6(3-4)13-8(12)11-5/h1-3,10H,(H,11,12). The van der Waals surface area contributed by atoms with Gasteiger partial charge in [-0.2, -0.15) is 0 Å². The molecule has 0 unspecified atom stereocenters. The lowest BCUT2D eigenvalue weighted by Gasteiger charge is -1.94. The largest absolute Gasteiger partial charge is 0.312 e. The van der Waals surface area contributed by atoms with E-state index in [0.29, 0.717) is 5.56 Å². The van der Waals surface area contributed by atoms with Gasteiger partial charge in [0, 0.05) is 5.56 Å². The van der Waals surface area contributed by atoms with Crippen molar-refractivity contribution in [1.82, 2.24) is 4.98 Å². The first-order valence-electron chi connectivity index (χ1n) is 3.54. The van der Waals surface area contributed by atoms with E-state index < -0.39 is 0 Å². The van der Waals surface area contributed by atoms with E-state index in [1.165, 1.54) is 0 Å². The number of fused-ring (bicyclic) bond motifs is 1. The van der Waals surface area contributed by atoms with Crippen LogP contribution in [0.25, 0.3) is 10.2 Å². The number of H-pyrrole nitrogens is 1. The molecule has 0 saturated heterocycles. The first-order chi connectivity index (χ1) is 6.16. The fourth-order valence-electron chi connectivity index (χ4n) is 1.08. The Morgan fingerprint density at radius 2 is 2.31 bits per heavy atom. The minimum atomic E-state index is -0.0896. The maximum Gasteiger partial charge on any atom is 0.305 e. The van der Waals surface area contributed by atoms with E-state index in [0.717, 1.165) is 21.6 Å². The van der Waals surface area contributed by atoms with Crippen LogP contribution >= 0.6 is 22.9 Å². The van der Waals surface area contributed by atoms with Gasteiger partial charge in [-0.3, -0.25) is 10.2 Å². The number of aromatic nitrogens is 1. The number of hydrogen-bond donors (Lipinski definition) is 2. The number of thiazole rings is 1. The summed E-state index contributed by atoms with van der Waals surface area (Å²) in [5.74, 6) is 0. The van der Waals surface area contributed by atoms with Crippen LogP contribution < -0.4 is 4.87 Å². The Balaban J connectivity index is 2.74. The summed E-state index contributed by atoms with van der Waals surface area (Å²) >= 11 is 6.63. The molecule has 0 bridgehead atoms. The molecule has 2 rings (SSSR count). The first kappa shape index (κ1) is 8.47. The summed E-state index contributed by atoms with van der Waals surface area (Å²) in [5, 5.41) is 7.19. The summed E-state index contributed by atoms with van der Waals surface area (Å²) in [6, 6.07) is 5.19. The molecule has 66 valence electrons. The summed E-state index contributed by atoms with van der Waals surface area (Å²) in [7, 11) is 0. The van der Waals surface area contributed by atoms with Gasteiger partial charge in [0.2, 0.25) is 0 Å². The van der Waals surface area contributed by atoms with E-state index in [-0.39, 0.29) is 10.0 Å². The SMILES string of the molecule is N=C(Cl)c1ccc2[nH]c(=O)sc2c1. The molecule has 0 aliphatic carbocycles. The number of rotatable bonds is 1. The minimum Gasteiger partial charge on any atom is -0.312 e. The maximum atomic E-state index is 10.9. The van der Waals surface area contributed by atoms with E-state index in [2.05, 4.69) is 4.98 Å². The quantitative estimate of drug-likeness (QED) is 0.700. The van der Waals surface area contributed by atoms with Gasteiger partial charge in [0.05, 0.1) is 10.2 Å². The molecular weight excluding hydrogens is 208 g/mol. The second kappa shape index (κ2) is 2.97. The molecule has 0 spiro atoms. The number of benzene rings is 1. The zero-order valence-corrected chi connectivity index (χ0v) is 8.00. The average Bonchev–Trinajstić information content (AvgIpc) is 2.42. The maximum absolute atomic E-state index is 10.9. The zero-order valence-electron chi connectivity index (χ0n) is 6.43. The summed E-state index contributed by atoms with van der Waals surface area (Å²) in [6.07, 6.45) is 0. The molecule has 3 nitrogen and oxygen atoms in total. The van der Waals surface area contributed by atoms with Crippen LogP contribution in [0.4, 0.5) is 0 Å². The van der Waals surface area contributed by atoms with Crippen molar-refractivity contribution in [3.8, 4) is 0 Å². The van der Waals surface area contributed by atoms with Gasteiger partial charge in [-0.15, -0.1) is 0 Å². The van der Waals surface area contributed by atoms with Gasteiger partial charge in [0.15, 0.2) is 0 Å². The summed E-state index contributed by atoms with van der Waals surface area (Å²) < 4.78 is 0.827. The fourth-order valence-corrected chi connectivity index (χ4v) is 1.98. The van der Waals surface area contributed by atoms with Crippen LogP contribution in [-0.2, 0) is 0 Å². The molecule has 2 N–H and O–H groups in total. The lowest BCUT2D eigenvalue weighted by atomic mass is 10.2. The molecule has 0 atom stereocenters. The minimum absolute atomic E-state index is 0.0113. The fraction of sp³-hybridized carbons (Fsp3) is 0. The summed E-state index contributed by atoms with van der Waals surface area (Å²) in [5.41, 5.74) is 1.42. The second-order valence-corrected chi connectivity index (χ2v) is 3.93. The van der Waals surface area contributed by atoms with Gasteiger partial charge < -0.3 is 4.98 Å². The Bertz CT molecular complexity index is 528. The molecule has 1 heterocycles. The van der Waals surface area contributed by atoms with E-state index in [1.54, 1.807) is 18.2 Å². The van der Waals surface area contributed by atoms with Gasteiger partial charge in [-0.1, -0.05) is 22.9 Å². The molecule has 2 aromatic rings. The van der Waals surface area contributed by atoms with Gasteiger partial charge >= 0.3 is 4.87 Å². The summed E-state index contributed by atoms with van der Waals surface area (Å²) in [4.78, 5) is 13.5. The number of halogens is 1. The normalized spacial score (nSPS) is 10.5. The highest BCUT2D eigenvalue weighted by Gasteiger charge is 2.02. The van der Waals surface area contributed by atoms with Crippen molar-refractivity contribution in [2.45, 2.75) is 0 Å². The Hall–Kier alpha value is -1.13. The van der Waals surface area contributed by atoms with Crippen LogP contribution in [0.2, 0.25) is 0 Å². The highest BCUT2D eigenvalue weighted by atomic mass is 35.5. The topological polar surface area (TPSA) is 56.7 Å². The van der Waals surface area contributed by atoms with Gasteiger partial charge in [-0.05, 0) is 18.2 Å². The molecular formula is C8H5ClN2OS. The van der Waals surface area contributed by atoms with Crippen molar-refractivity contribution in [2.75, 3.05) is 0 Å². The van der Waals surface area contributed by atoms with Gasteiger partial charge in [0.1, 0.15) is 5.17 Å². The second-order valence-electron chi connectivity index (χ2n) is 2.54. The van der Waals surface area contributed by atoms with Crippen LogP contribution in [0, 0.1) is 5.41 Å². The molecule has 0 fully saturated rings. The van der Waals surface area contributed by atoms with Crippen LogP contribution in [0.1, 0.15) is 5.56 Å². The van der Waals surface area contributed by atoms with E-state index in [9.17, 15) is 4.79 Å². The van der Waals surface area contributed by atoms with Gasteiger partial charge in [-0.25, -0.2) is 0 Å². The van der Waals surface area contributed by atoms with Crippen LogP contribution in [0.15, 0.2) is 23.0 Å². The third kappa shape index (κ3) is 1.50. The van der Waals surface area contributed by atoms with Crippen LogP contribution in [-0.4, -0.2) is 10.2 Å². The lowest BCUT2D eigenvalue weighted by molar-refractivity contribution is 1.41. The van der Waals surface area contributed by atoms with E-state index in [1.807, 2.05) is 0 Å². The predicted molar refractivity (Wildman–Crippen MR) is 55.1 cm³/mol. The van der Waals surface area contributed by atoms with Crippen LogP contribution in [0.5, 0.6) is 0 Å². The molecule has 1 aromatic heterocycles. The lowest BCUT2D eigenvalue weighted by Crippen LogP contribution is -1.89. The highest BCUT2D eigenvalue weighted by Crippen LogP contribution is 2.17. The number of aromatic amines is 1. The molecule has 0 aliphatic rings. The molecule has 1 aromatic carbocycles. The van der Waals surface area contributed by atoms with Crippen molar-refractivity contribution >= 4 is 38.3 Å². The van der Waals surface area contributed by atoms with Gasteiger partial charge in [0.25, 0.3) is 0 Å². The van der Waals surface area contributed by atoms with Crippen molar-refractivity contribution in [2.24, 2.45) is 0 Å². The Morgan fingerprint density at radius 3 is 3.00 bits per heavy atom. The molecule has 0 saturated carbocycles. The summed E-state index contributed by atoms with van der Waals surface area (Å²) in [6.45, 7) is 0. The molecule has 0 radical (unpaired) electrons. The molecule has 13 heavy (non-hydrogen) atoms. The Morgan fingerprint density at radius 1 is 1.54 bits per heavy atom. The number of nitrogens with one attached hydrogen (secondary N) is 2. The smallest absolute Gasteiger partial charge is 0.305 e. The Labute approximate surface area is 82.5 Å². The Kier molecular flexibility index (Phi) is 1.94. The first-order valence-corrected chi connectivity index (χ1v) is 4.73. The average molecular weight is 213 g/mol. The molecule has 5 heteroatoms. The monoisotopic (exact) mass is 212 g/mol. The van der Waals surface area contributed by atoms with Crippen molar-refractivity contribution in [3.63, 3.8) is 0 Å². The van der Waals surface area contributed by atoms with Crippen LogP contribution in [0.3, 0.4) is 0 Å². The highest BCUT2D eigenvalue weighted by molar-refractivity contribution is 7.16. The zero-order chi connectivity index (χ0) is 9.42. The van der Waals surface area contributed by atoms with E-state index >= 15 is 0 Å². The molecule has 0 amide bonds. The third-order valence-corrected chi connectivity index (χ3v) is 2.74. The number of hydrogen-bond acceptors (Lipinski definition) is 3. The van der Waals surface area contributed by atoms with Crippen molar-refractivity contribution in [1.29, 1.82) is 5.41 Å². The predicted octanol–water partition coefficient (Wildman–Crippen LogP) is 2.15. The third-order valence-electron chi connectivity index (χ3n) is 1.67. The van der Waals surface area contributed by atoms with Crippen molar-refractivity contribution < 1.29 is 0 Å².